The Balaban J connectivity index is 2.65. The standard InChI is InChI=1S/C11H12N2/c1-9(2)7-10-8-12-11-5-3-4-6-13(10)11/h3-8H,1-2H3. The lowest BCUT2D eigenvalue weighted by Gasteiger charge is -1.95. The molecule has 0 unspecified atom stereocenters. The van der Waals surface area contributed by atoms with Crippen molar-refractivity contribution in [2.45, 2.75) is 13.8 Å². The maximum absolute atomic E-state index is 4.29. The average Bonchev–Trinajstić information content (AvgIpc) is 2.48. The van der Waals surface area contributed by atoms with Crippen molar-refractivity contribution in [1.82, 2.24) is 9.38 Å². The van der Waals surface area contributed by atoms with Gasteiger partial charge < -0.3 is 4.40 Å². The van der Waals surface area contributed by atoms with E-state index in [4.69, 9.17) is 0 Å². The van der Waals surface area contributed by atoms with E-state index < -0.39 is 0 Å². The second kappa shape index (κ2) is 3.05. The molecule has 13 heavy (non-hydrogen) atoms. The van der Waals surface area contributed by atoms with E-state index in [1.54, 1.807) is 0 Å². The summed E-state index contributed by atoms with van der Waals surface area (Å²) >= 11 is 0. The number of imidazole rings is 1. The molecule has 0 aliphatic carbocycles. The predicted octanol–water partition coefficient (Wildman–Crippen LogP) is 2.76. The highest BCUT2D eigenvalue weighted by molar-refractivity contribution is 5.53. The fourth-order valence-electron chi connectivity index (χ4n) is 1.35. The van der Waals surface area contributed by atoms with Crippen LogP contribution in [0.1, 0.15) is 19.5 Å². The largest absolute Gasteiger partial charge is 0.300 e. The molecule has 2 aromatic rings. The summed E-state index contributed by atoms with van der Waals surface area (Å²) in [5.41, 5.74) is 3.41. The van der Waals surface area contributed by atoms with Crippen LogP contribution < -0.4 is 0 Å². The summed E-state index contributed by atoms with van der Waals surface area (Å²) in [6.07, 6.45) is 6.04. The van der Waals surface area contributed by atoms with Crippen LogP contribution in [0.5, 0.6) is 0 Å². The molecule has 0 saturated carbocycles. The van der Waals surface area contributed by atoms with Gasteiger partial charge in [-0.15, -0.1) is 0 Å². The molecule has 2 nitrogen and oxygen atoms in total. The summed E-state index contributed by atoms with van der Waals surface area (Å²) in [6.45, 7) is 4.17. The third-order valence-corrected chi connectivity index (χ3v) is 1.88. The number of pyridine rings is 1. The lowest BCUT2D eigenvalue weighted by Crippen LogP contribution is -1.85. The highest BCUT2D eigenvalue weighted by Gasteiger charge is 1.97. The van der Waals surface area contributed by atoms with E-state index in [1.165, 1.54) is 5.57 Å². The summed E-state index contributed by atoms with van der Waals surface area (Å²) in [5, 5.41) is 0. The molecule has 0 aliphatic heterocycles. The molecule has 0 amide bonds. The minimum Gasteiger partial charge on any atom is -0.300 e. The molecule has 0 aromatic carbocycles. The van der Waals surface area contributed by atoms with Crippen LogP contribution in [0.4, 0.5) is 0 Å². The van der Waals surface area contributed by atoms with Crippen LogP contribution in [0.15, 0.2) is 36.2 Å². The maximum Gasteiger partial charge on any atom is 0.137 e. The van der Waals surface area contributed by atoms with E-state index in [0.29, 0.717) is 0 Å². The van der Waals surface area contributed by atoms with Gasteiger partial charge in [0.2, 0.25) is 0 Å². The molecule has 0 atom stereocenters. The molecule has 0 saturated heterocycles. The molecule has 66 valence electrons. The van der Waals surface area contributed by atoms with Crippen molar-refractivity contribution in [3.05, 3.63) is 41.9 Å². The predicted molar refractivity (Wildman–Crippen MR) is 54.5 cm³/mol. The van der Waals surface area contributed by atoms with Gasteiger partial charge in [-0.05, 0) is 32.1 Å². The van der Waals surface area contributed by atoms with E-state index in [9.17, 15) is 0 Å². The molecule has 0 aliphatic rings. The lowest BCUT2D eigenvalue weighted by atomic mass is 10.3. The van der Waals surface area contributed by atoms with Crippen LogP contribution in [0.3, 0.4) is 0 Å². The maximum atomic E-state index is 4.29. The van der Waals surface area contributed by atoms with E-state index in [1.807, 2.05) is 30.6 Å². The van der Waals surface area contributed by atoms with E-state index in [2.05, 4.69) is 29.3 Å². The van der Waals surface area contributed by atoms with Crippen molar-refractivity contribution < 1.29 is 0 Å². The molecule has 0 spiro atoms. The first-order valence-electron chi connectivity index (χ1n) is 4.34. The quantitative estimate of drug-likeness (QED) is 0.646. The number of rotatable bonds is 1. The Bertz CT molecular complexity index is 448. The van der Waals surface area contributed by atoms with E-state index >= 15 is 0 Å². The van der Waals surface area contributed by atoms with Crippen LogP contribution >= 0.6 is 0 Å². The topological polar surface area (TPSA) is 17.3 Å². The Morgan fingerprint density at radius 1 is 1.38 bits per heavy atom. The minimum atomic E-state index is 0.995. The zero-order chi connectivity index (χ0) is 9.26. The Labute approximate surface area is 77.5 Å². The van der Waals surface area contributed by atoms with Crippen LogP contribution in [0.25, 0.3) is 11.7 Å². The SMILES string of the molecule is CC(C)=Cc1cnc2ccccn12. The first-order valence-corrected chi connectivity index (χ1v) is 4.34. The van der Waals surface area contributed by atoms with Gasteiger partial charge in [0.15, 0.2) is 0 Å². The van der Waals surface area contributed by atoms with Gasteiger partial charge in [0.1, 0.15) is 5.65 Å². The van der Waals surface area contributed by atoms with Crippen molar-refractivity contribution in [3.8, 4) is 0 Å². The molecule has 2 rings (SSSR count). The van der Waals surface area contributed by atoms with Crippen LogP contribution in [-0.4, -0.2) is 9.38 Å². The van der Waals surface area contributed by atoms with E-state index in [-0.39, 0.29) is 0 Å². The van der Waals surface area contributed by atoms with Gasteiger partial charge in [-0.2, -0.15) is 0 Å². The van der Waals surface area contributed by atoms with Crippen LogP contribution in [0, 0.1) is 0 Å². The molecule has 2 heteroatoms. The van der Waals surface area contributed by atoms with Gasteiger partial charge in [0.25, 0.3) is 0 Å². The number of aromatic nitrogens is 2. The van der Waals surface area contributed by atoms with Gasteiger partial charge in [-0.3, -0.25) is 0 Å². The third-order valence-electron chi connectivity index (χ3n) is 1.88. The molecule has 2 aromatic heterocycles. The third kappa shape index (κ3) is 1.47. The second-order valence-electron chi connectivity index (χ2n) is 3.33. The number of hydrogen-bond donors (Lipinski definition) is 0. The summed E-state index contributed by atoms with van der Waals surface area (Å²) in [6, 6.07) is 6.01. The van der Waals surface area contributed by atoms with E-state index in [0.717, 1.165) is 11.3 Å². The number of hydrogen-bond acceptors (Lipinski definition) is 1. The highest BCUT2D eigenvalue weighted by atomic mass is 15.0. The fourth-order valence-corrected chi connectivity index (χ4v) is 1.35. The lowest BCUT2D eigenvalue weighted by molar-refractivity contribution is 1.16. The smallest absolute Gasteiger partial charge is 0.137 e. The van der Waals surface area contributed by atoms with Gasteiger partial charge in [0, 0.05) is 6.20 Å². The molecule has 0 bridgehead atoms. The number of fused-ring (bicyclic) bond motifs is 1. The first kappa shape index (κ1) is 8.05. The Hall–Kier alpha value is -1.57. The van der Waals surface area contributed by atoms with Gasteiger partial charge in [-0.25, -0.2) is 4.98 Å². The monoisotopic (exact) mass is 172 g/mol. The van der Waals surface area contributed by atoms with Crippen molar-refractivity contribution in [2.75, 3.05) is 0 Å². The van der Waals surface area contributed by atoms with Crippen LogP contribution in [-0.2, 0) is 0 Å². The highest BCUT2D eigenvalue weighted by Crippen LogP contribution is 2.09. The van der Waals surface area contributed by atoms with Crippen molar-refractivity contribution in [2.24, 2.45) is 0 Å². The number of nitrogens with zero attached hydrogens (tertiary/aromatic N) is 2. The molecular formula is C11H12N2. The zero-order valence-electron chi connectivity index (χ0n) is 7.86. The summed E-state index contributed by atoms with van der Waals surface area (Å²) < 4.78 is 2.08. The minimum absolute atomic E-state index is 0.995. The van der Waals surface area contributed by atoms with Crippen molar-refractivity contribution >= 4 is 11.7 Å². The average molecular weight is 172 g/mol. The van der Waals surface area contributed by atoms with Crippen molar-refractivity contribution in [1.29, 1.82) is 0 Å². The Morgan fingerprint density at radius 3 is 3.00 bits per heavy atom. The normalized spacial score (nSPS) is 10.3. The molecule has 2 heterocycles. The fraction of sp³-hybridized carbons (Fsp3) is 0.182. The number of allylic oxidation sites excluding steroid dienone is 1. The van der Waals surface area contributed by atoms with Gasteiger partial charge in [-0.1, -0.05) is 11.6 Å². The Morgan fingerprint density at radius 2 is 2.23 bits per heavy atom. The van der Waals surface area contributed by atoms with Gasteiger partial charge >= 0.3 is 0 Å². The molecular weight excluding hydrogens is 160 g/mol. The molecule has 0 fully saturated rings. The summed E-state index contributed by atoms with van der Waals surface area (Å²) in [4.78, 5) is 4.29. The first-order chi connectivity index (χ1) is 6.27. The van der Waals surface area contributed by atoms with Crippen LogP contribution in [0.2, 0.25) is 0 Å². The van der Waals surface area contributed by atoms with Gasteiger partial charge in [0.05, 0.1) is 11.9 Å². The molecule has 0 N–H and O–H groups in total. The second-order valence-corrected chi connectivity index (χ2v) is 3.33. The molecule has 0 radical (unpaired) electrons. The summed E-state index contributed by atoms with van der Waals surface area (Å²) in [5.74, 6) is 0. The van der Waals surface area contributed by atoms with Crippen molar-refractivity contribution in [3.63, 3.8) is 0 Å². The summed E-state index contributed by atoms with van der Waals surface area (Å²) in [7, 11) is 0. The zero-order valence-corrected chi connectivity index (χ0v) is 7.86. The Kier molecular flexibility index (Phi) is 1.89.